The van der Waals surface area contributed by atoms with Crippen LogP contribution in [0.4, 0.5) is 10.1 Å². The summed E-state index contributed by atoms with van der Waals surface area (Å²) in [5.41, 5.74) is 0.125. The fraction of sp³-hybridized carbons (Fsp3) is 0.400. The molecule has 1 saturated heterocycles. The van der Waals surface area contributed by atoms with Crippen molar-refractivity contribution in [2.24, 2.45) is 0 Å². The quantitative estimate of drug-likeness (QED) is 0.727. The molecular weight excluding hydrogens is 217 g/mol. The first kappa shape index (κ1) is 11.0. The third kappa shape index (κ3) is 2.17. The average molecular weight is 228 g/mol. The Morgan fingerprint density at radius 3 is 2.94 bits per heavy atom. The molecule has 0 amide bonds. The lowest BCUT2D eigenvalue weighted by atomic mass is 10.2. The van der Waals surface area contributed by atoms with Crippen LogP contribution in [0.3, 0.4) is 0 Å². The second-order valence-electron chi connectivity index (χ2n) is 3.50. The number of aliphatic hydroxyl groups is 1. The van der Waals surface area contributed by atoms with Gasteiger partial charge >= 0.3 is 0 Å². The van der Waals surface area contributed by atoms with Crippen LogP contribution in [-0.2, 0) is 4.74 Å². The minimum absolute atomic E-state index is 0.0737. The Morgan fingerprint density at radius 1 is 1.50 bits per heavy atom. The van der Waals surface area contributed by atoms with Gasteiger partial charge in [0.15, 0.2) is 11.9 Å². The van der Waals surface area contributed by atoms with Gasteiger partial charge in [-0.3, -0.25) is 0 Å². The van der Waals surface area contributed by atoms with Crippen LogP contribution in [0.25, 0.3) is 0 Å². The summed E-state index contributed by atoms with van der Waals surface area (Å²) < 4.78 is 23.2. The number of benzene rings is 1. The Kier molecular flexibility index (Phi) is 3.12. The fourth-order valence-electron chi connectivity index (χ4n) is 1.48. The van der Waals surface area contributed by atoms with E-state index in [1.807, 2.05) is 0 Å². The van der Waals surface area contributed by atoms with Crippen molar-refractivity contribution in [1.29, 1.82) is 0 Å². The maximum absolute atomic E-state index is 13.0. The van der Waals surface area contributed by atoms with Crippen molar-refractivity contribution in [3.8, 4) is 5.75 Å². The average Bonchev–Trinajstić information content (AvgIpc) is 2.65. The monoisotopic (exact) mass is 228 g/mol. The molecule has 0 saturated carbocycles. The minimum atomic E-state index is -0.761. The number of hydrogen-bond acceptors (Lipinski definition) is 4. The van der Waals surface area contributed by atoms with Crippen molar-refractivity contribution < 1.29 is 24.1 Å². The van der Waals surface area contributed by atoms with E-state index in [4.69, 9.17) is 9.47 Å². The summed E-state index contributed by atoms with van der Waals surface area (Å²) in [5.74, 6) is -0.438. The molecule has 1 aliphatic rings. The smallest absolute Gasteiger partial charge is 0.295 e. The molecule has 5 nitrogen and oxygen atoms in total. The number of nitroso groups, excluding NO2 is 1. The highest BCUT2D eigenvalue weighted by molar-refractivity contribution is 5.45. The van der Waals surface area contributed by atoms with Crippen LogP contribution in [0, 0.1) is 10.7 Å². The van der Waals surface area contributed by atoms with E-state index in [0.29, 0.717) is 0 Å². The molecule has 1 aromatic rings. The first-order chi connectivity index (χ1) is 7.70. The van der Waals surface area contributed by atoms with Crippen LogP contribution in [0.1, 0.15) is 0 Å². The summed E-state index contributed by atoms with van der Waals surface area (Å²) in [7, 11) is 0. The van der Waals surface area contributed by atoms with Crippen molar-refractivity contribution in [2.45, 2.75) is 12.2 Å². The predicted octanol–water partition coefficient (Wildman–Crippen LogP) is -0.557. The second-order valence-corrected chi connectivity index (χ2v) is 3.50. The molecule has 86 valence electrons. The van der Waals surface area contributed by atoms with Gasteiger partial charge in [-0.1, -0.05) is 0 Å². The van der Waals surface area contributed by atoms with Gasteiger partial charge in [0.05, 0.1) is 13.2 Å². The third-order valence-corrected chi connectivity index (χ3v) is 2.33. The molecule has 2 atom stereocenters. The predicted molar refractivity (Wildman–Crippen MR) is 51.6 cm³/mol. The van der Waals surface area contributed by atoms with E-state index in [0.717, 1.165) is 12.1 Å². The number of aliphatic hydroxyl groups excluding tert-OH is 1. The van der Waals surface area contributed by atoms with Gasteiger partial charge in [-0.25, -0.2) is 4.39 Å². The number of nitrogens with one attached hydrogen (secondary N) is 1. The zero-order valence-electron chi connectivity index (χ0n) is 8.35. The largest absolute Gasteiger partial charge is 0.478 e. The summed E-state index contributed by atoms with van der Waals surface area (Å²) in [6, 6.07) is 3.51. The molecule has 0 spiro atoms. The van der Waals surface area contributed by atoms with Crippen LogP contribution >= 0.6 is 0 Å². The number of hydrogen-bond donors (Lipinski definition) is 2. The Balaban J connectivity index is 2.19. The van der Waals surface area contributed by atoms with Crippen molar-refractivity contribution >= 4 is 5.69 Å². The Morgan fingerprint density at radius 2 is 2.31 bits per heavy atom. The third-order valence-electron chi connectivity index (χ3n) is 2.33. The van der Waals surface area contributed by atoms with Gasteiger partial charge in [-0.2, -0.15) is 0 Å². The maximum Gasteiger partial charge on any atom is 0.295 e. The van der Waals surface area contributed by atoms with Gasteiger partial charge in [-0.05, 0) is 6.07 Å². The normalized spacial score (nSPS) is 24.4. The molecule has 2 N–H and O–H groups in total. The lowest BCUT2D eigenvalue weighted by Gasteiger charge is -2.14. The highest BCUT2D eigenvalue weighted by atomic mass is 19.1. The van der Waals surface area contributed by atoms with E-state index < -0.39 is 18.0 Å². The summed E-state index contributed by atoms with van der Waals surface area (Å²) in [4.78, 5) is 10.6. The second kappa shape index (κ2) is 4.54. The van der Waals surface area contributed by atoms with E-state index in [1.54, 1.807) is 5.18 Å². The van der Waals surface area contributed by atoms with Gasteiger partial charge < -0.3 is 14.6 Å². The van der Waals surface area contributed by atoms with Gasteiger partial charge in [0.2, 0.25) is 0 Å². The number of rotatable bonds is 3. The molecule has 0 radical (unpaired) electrons. The highest BCUT2D eigenvalue weighted by Crippen LogP contribution is 2.24. The molecule has 0 unspecified atom stereocenters. The molecule has 0 aromatic heterocycles. The van der Waals surface area contributed by atoms with E-state index in [-0.39, 0.29) is 24.7 Å². The van der Waals surface area contributed by atoms with E-state index in [1.165, 1.54) is 6.07 Å². The van der Waals surface area contributed by atoms with Crippen LogP contribution in [-0.4, -0.2) is 30.5 Å². The summed E-state index contributed by atoms with van der Waals surface area (Å²) >= 11 is 0. The number of ether oxygens (including phenoxy) is 2. The van der Waals surface area contributed by atoms with Crippen molar-refractivity contribution in [2.75, 3.05) is 13.2 Å². The molecule has 1 fully saturated rings. The van der Waals surface area contributed by atoms with Gasteiger partial charge in [0.1, 0.15) is 11.9 Å². The SMILES string of the molecule is O=[NH+]c1ccc(F)cc1O[C@@H]1COC[C@H]1O. The molecule has 0 bridgehead atoms. The lowest BCUT2D eigenvalue weighted by Crippen LogP contribution is -2.56. The molecule has 1 aromatic carbocycles. The van der Waals surface area contributed by atoms with E-state index in [2.05, 4.69) is 0 Å². The molecular formula is C10H11FNO4+. The number of halogens is 1. The Hall–Kier alpha value is -1.53. The minimum Gasteiger partial charge on any atom is -0.478 e. The van der Waals surface area contributed by atoms with Crippen LogP contribution in [0.15, 0.2) is 18.2 Å². The van der Waals surface area contributed by atoms with Crippen molar-refractivity contribution in [3.05, 3.63) is 28.9 Å². The van der Waals surface area contributed by atoms with Crippen LogP contribution < -0.4 is 9.91 Å². The Bertz CT molecular complexity index is 398. The van der Waals surface area contributed by atoms with Gasteiger partial charge in [-0.15, -0.1) is 0 Å². The molecule has 0 aliphatic carbocycles. The molecule has 1 aliphatic heterocycles. The van der Waals surface area contributed by atoms with Crippen molar-refractivity contribution in [1.82, 2.24) is 0 Å². The van der Waals surface area contributed by atoms with Gasteiger partial charge in [0.25, 0.3) is 5.69 Å². The zero-order chi connectivity index (χ0) is 11.5. The van der Waals surface area contributed by atoms with Crippen LogP contribution in [0.2, 0.25) is 0 Å². The van der Waals surface area contributed by atoms with Crippen LogP contribution in [0.5, 0.6) is 5.75 Å². The maximum atomic E-state index is 13.0. The standard InChI is InChI=1S/C10H10FNO4/c11-6-1-2-7(12-14)9(3-6)16-10-5-15-4-8(10)13/h1-3,8,10,13H,4-5H2/p+1/t8-,10-/m1/s1. The molecule has 6 heteroatoms. The lowest BCUT2D eigenvalue weighted by molar-refractivity contribution is -0.380. The molecule has 16 heavy (non-hydrogen) atoms. The Labute approximate surface area is 90.8 Å². The van der Waals surface area contributed by atoms with Crippen molar-refractivity contribution in [3.63, 3.8) is 0 Å². The first-order valence-electron chi connectivity index (χ1n) is 4.81. The fourth-order valence-corrected chi connectivity index (χ4v) is 1.48. The topological polar surface area (TPSA) is 69.7 Å². The molecule has 1 heterocycles. The summed E-state index contributed by atoms with van der Waals surface area (Å²) in [6.45, 7) is 0.399. The zero-order valence-corrected chi connectivity index (χ0v) is 8.35. The summed E-state index contributed by atoms with van der Waals surface area (Å²) in [5, 5.41) is 11.1. The van der Waals surface area contributed by atoms with Gasteiger partial charge in [0, 0.05) is 22.2 Å². The highest BCUT2D eigenvalue weighted by Gasteiger charge is 2.29. The van der Waals surface area contributed by atoms with E-state index >= 15 is 0 Å². The molecule has 2 rings (SSSR count). The van der Waals surface area contributed by atoms with E-state index in [9.17, 15) is 14.4 Å². The summed E-state index contributed by atoms with van der Waals surface area (Å²) in [6.07, 6.45) is -1.34. The first-order valence-corrected chi connectivity index (χ1v) is 4.81.